The van der Waals surface area contributed by atoms with Crippen molar-refractivity contribution < 1.29 is 50.3 Å². The zero-order valence-corrected chi connectivity index (χ0v) is 27.4. The smallest absolute Gasteiger partial charge is 0.346 e. The van der Waals surface area contributed by atoms with Gasteiger partial charge in [-0.25, -0.2) is 18.7 Å². The van der Waals surface area contributed by atoms with Crippen molar-refractivity contribution in [2.24, 2.45) is 0 Å². The fourth-order valence-electron chi connectivity index (χ4n) is 4.68. The van der Waals surface area contributed by atoms with Crippen LogP contribution in [0.3, 0.4) is 0 Å². The first-order valence-corrected chi connectivity index (χ1v) is 17.3. The molecule has 0 radical (unpaired) electrons. The van der Waals surface area contributed by atoms with Crippen LogP contribution in [0, 0.1) is 0 Å². The first-order chi connectivity index (χ1) is 27.0. The molecule has 4 atom stereocenters. The first-order valence-electron chi connectivity index (χ1n) is 21.5. The van der Waals surface area contributed by atoms with Crippen LogP contribution < -0.4 is 0 Å². The van der Waals surface area contributed by atoms with Gasteiger partial charge in [0.1, 0.15) is 0 Å². The van der Waals surface area contributed by atoms with Crippen molar-refractivity contribution in [2.45, 2.75) is 38.8 Å². The molecule has 248 valence electrons. The SMILES string of the molecule is [2H]C([2H])(Cl)C([2H])([2H])N(C([2H])([2H])C([2H])([2H])Cl)P1(=O)OCCCN1C(C)c1ccccc1.[2H]C([2H])(O)C([2H])([2H])N(C([2H])([2H])C([2H])([2H])O)P1(=O)OCCCN1C(C)c1ccccc1. The molecule has 0 spiro atoms. The van der Waals surface area contributed by atoms with Gasteiger partial charge < -0.3 is 19.3 Å². The summed E-state index contributed by atoms with van der Waals surface area (Å²) >= 11 is 11.2. The molecule has 44 heavy (non-hydrogen) atoms. The molecule has 2 fully saturated rings. The van der Waals surface area contributed by atoms with E-state index in [4.69, 9.17) is 54.2 Å². The van der Waals surface area contributed by atoms with Gasteiger partial charge >= 0.3 is 15.3 Å². The van der Waals surface area contributed by atoms with Crippen LogP contribution in [-0.4, -0.2) is 106 Å². The van der Waals surface area contributed by atoms with Crippen LogP contribution in [0.5, 0.6) is 0 Å². The minimum absolute atomic E-state index is 0.0266. The molecule has 2 aliphatic rings. The topological polar surface area (TPSA) is 106 Å². The van der Waals surface area contributed by atoms with E-state index in [-0.39, 0.29) is 35.6 Å². The Labute approximate surface area is 295 Å². The molecule has 0 aliphatic carbocycles. The largest absolute Gasteiger partial charge is 0.395 e. The van der Waals surface area contributed by atoms with Gasteiger partial charge in [0.2, 0.25) is 0 Å². The fourth-order valence-corrected chi connectivity index (χ4v) is 9.32. The van der Waals surface area contributed by atoms with Gasteiger partial charge in [0, 0.05) is 79.3 Å². The summed E-state index contributed by atoms with van der Waals surface area (Å²) in [7, 11) is -9.60. The average Bonchev–Trinajstić information content (AvgIpc) is 3.10. The summed E-state index contributed by atoms with van der Waals surface area (Å²) in [6, 6.07) is 15.9. The summed E-state index contributed by atoms with van der Waals surface area (Å²) < 4.78 is 166. The number of hydrogen-bond donors (Lipinski definition) is 2. The Hall–Kier alpha value is -0.840. The van der Waals surface area contributed by atoms with Gasteiger partial charge in [0.15, 0.2) is 0 Å². The Balaban J connectivity index is 0.000000320. The van der Waals surface area contributed by atoms with Crippen LogP contribution >= 0.6 is 38.5 Å². The van der Waals surface area contributed by atoms with Crippen molar-refractivity contribution in [1.82, 2.24) is 18.7 Å². The molecule has 2 heterocycles. The number of rotatable bonds is 14. The molecule has 2 aromatic carbocycles. The molecule has 0 bridgehead atoms. The van der Waals surface area contributed by atoms with Crippen LogP contribution in [0.15, 0.2) is 60.7 Å². The number of halogens is 2. The van der Waals surface area contributed by atoms with Crippen molar-refractivity contribution in [2.75, 3.05) is 77.1 Å². The molecule has 4 unspecified atom stereocenters. The lowest BCUT2D eigenvalue weighted by Crippen LogP contribution is -2.40. The van der Waals surface area contributed by atoms with Crippen LogP contribution in [0.2, 0.25) is 0 Å². The van der Waals surface area contributed by atoms with Crippen molar-refractivity contribution in [3.05, 3.63) is 71.8 Å². The number of alkyl halides is 2. The highest BCUT2D eigenvalue weighted by Crippen LogP contribution is 2.60. The summed E-state index contributed by atoms with van der Waals surface area (Å²) in [5.41, 5.74) is 1.29. The van der Waals surface area contributed by atoms with Crippen LogP contribution in [0.4, 0.5) is 0 Å². The normalized spacial score (nSPS) is 32.5. The van der Waals surface area contributed by atoms with Crippen molar-refractivity contribution in [3.8, 4) is 0 Å². The van der Waals surface area contributed by atoms with Crippen molar-refractivity contribution in [3.63, 3.8) is 0 Å². The van der Waals surface area contributed by atoms with E-state index in [1.165, 1.54) is 4.67 Å². The van der Waals surface area contributed by atoms with Crippen LogP contribution in [0.1, 0.15) is 71.8 Å². The Bertz CT molecular complexity index is 1660. The third-order valence-electron chi connectivity index (χ3n) is 6.80. The standard InChI is InChI=1S/C15H23Cl2N2O2P.C15H25N2O4P/c1-14(15-6-3-2-4-7-15)19-10-5-13-21-22(19,20)18(11-8-16)12-9-17;1-14(15-6-3-2-4-7-15)17-8-5-13-21-22(17,20)16(9-11-18)10-12-19/h2-4,6-7,14H,5,8-13H2,1H3;2-4,6-7,14,18-19H,5,8-13H2,1H3/i8D2,9D2,11D2,12D2;9D2,10D2,11D2,12D2. The van der Waals surface area contributed by atoms with Crippen molar-refractivity contribution in [1.29, 1.82) is 0 Å². The quantitative estimate of drug-likeness (QED) is 0.174. The summed E-state index contributed by atoms with van der Waals surface area (Å²) in [6.07, 6.45) is 0.724. The minimum Gasteiger partial charge on any atom is -0.395 e. The summed E-state index contributed by atoms with van der Waals surface area (Å²) in [6.45, 7) is -19.0. The monoisotopic (exact) mass is 708 g/mol. The molecule has 2 N–H and O–H groups in total. The van der Waals surface area contributed by atoms with Gasteiger partial charge in [-0.1, -0.05) is 60.7 Å². The predicted octanol–water partition coefficient (Wildman–Crippen LogP) is 6.22. The fraction of sp³-hybridized carbons (Fsp3) is 0.600. The highest BCUT2D eigenvalue weighted by molar-refractivity contribution is 7.54. The highest BCUT2D eigenvalue weighted by atomic mass is 35.5. The number of aliphatic hydroxyl groups is 2. The molecule has 2 aliphatic heterocycles. The van der Waals surface area contributed by atoms with Gasteiger partial charge in [-0.3, -0.25) is 9.13 Å². The lowest BCUT2D eigenvalue weighted by molar-refractivity contribution is 0.126. The molecular formula is C30H48Cl2N4O6P2. The molecule has 0 aromatic heterocycles. The van der Waals surface area contributed by atoms with E-state index >= 15 is 0 Å². The van der Waals surface area contributed by atoms with Crippen LogP contribution in [-0.2, 0) is 18.2 Å². The molecule has 2 saturated heterocycles. The number of nitrogens with zero attached hydrogens (tertiary/aromatic N) is 4. The molecule has 2 aromatic rings. The zero-order valence-electron chi connectivity index (χ0n) is 40.1. The maximum Gasteiger partial charge on any atom is 0.346 e. The molecule has 4 rings (SSSR count). The lowest BCUT2D eigenvalue weighted by Gasteiger charge is -2.43. The minimum atomic E-state index is -4.87. The van der Waals surface area contributed by atoms with E-state index in [9.17, 15) is 19.3 Å². The van der Waals surface area contributed by atoms with E-state index in [0.717, 1.165) is 4.67 Å². The molecular weight excluding hydrogens is 645 g/mol. The van der Waals surface area contributed by atoms with E-state index in [1.54, 1.807) is 74.5 Å². The van der Waals surface area contributed by atoms with Gasteiger partial charge in [-0.05, 0) is 37.8 Å². The Kier molecular flexibility index (Phi) is 8.90. The summed E-state index contributed by atoms with van der Waals surface area (Å²) in [4.78, 5) is 0. The van der Waals surface area contributed by atoms with E-state index in [2.05, 4.69) is 0 Å². The molecule has 0 saturated carbocycles. The second kappa shape index (κ2) is 19.1. The number of hydrogen-bond acceptors (Lipinski definition) is 6. The summed E-state index contributed by atoms with van der Waals surface area (Å²) in [5, 5.41) is 19.6. The van der Waals surface area contributed by atoms with Crippen molar-refractivity contribution >= 4 is 38.5 Å². The van der Waals surface area contributed by atoms with Crippen LogP contribution in [0.25, 0.3) is 0 Å². The van der Waals surface area contributed by atoms with E-state index < -0.39 is 78.2 Å². The van der Waals surface area contributed by atoms with Gasteiger partial charge in [-0.15, -0.1) is 23.2 Å². The summed E-state index contributed by atoms with van der Waals surface area (Å²) in [5.74, 6) is -6.52. The molecule has 0 amide bonds. The third-order valence-corrected chi connectivity index (χ3v) is 11.8. The predicted molar refractivity (Wildman–Crippen MR) is 178 cm³/mol. The van der Waals surface area contributed by atoms with E-state index in [1.807, 2.05) is 0 Å². The van der Waals surface area contributed by atoms with E-state index in [0.29, 0.717) is 24.0 Å². The third kappa shape index (κ3) is 9.60. The van der Waals surface area contributed by atoms with Gasteiger partial charge in [0.05, 0.1) is 31.8 Å². The highest BCUT2D eigenvalue weighted by Gasteiger charge is 2.44. The zero-order chi connectivity index (χ0) is 46.3. The Morgan fingerprint density at radius 3 is 1.45 bits per heavy atom. The average molecular weight is 710 g/mol. The maximum absolute atomic E-state index is 14.2. The lowest BCUT2D eigenvalue weighted by atomic mass is 10.1. The number of benzene rings is 2. The molecule has 10 nitrogen and oxygen atoms in total. The second-order valence-electron chi connectivity index (χ2n) is 9.34. The second-order valence-corrected chi connectivity index (χ2v) is 14.0. The maximum atomic E-state index is 14.2. The first kappa shape index (κ1) is 20.5. The molecule has 14 heteroatoms. The van der Waals surface area contributed by atoms with Gasteiger partial charge in [-0.2, -0.15) is 0 Å². The Morgan fingerprint density at radius 2 is 1.11 bits per heavy atom. The Morgan fingerprint density at radius 1 is 0.750 bits per heavy atom. The van der Waals surface area contributed by atoms with Gasteiger partial charge in [0.25, 0.3) is 0 Å².